The molecular weight excluding hydrogens is 408 g/mol. The molecule has 0 N–H and O–H groups in total. The highest BCUT2D eigenvalue weighted by Gasteiger charge is 2.56. The zero-order valence-electron chi connectivity index (χ0n) is 21.9. The largest absolute Gasteiger partial charge is 0.462 e. The number of fused-ring (bicyclic) bond motifs is 4. The van der Waals surface area contributed by atoms with Crippen molar-refractivity contribution < 1.29 is 14.3 Å². The lowest BCUT2D eigenvalue weighted by atomic mass is 9.53. The molecular formula is C30H44O3. The summed E-state index contributed by atoms with van der Waals surface area (Å²) in [6.45, 7) is 15.6. The summed E-state index contributed by atoms with van der Waals surface area (Å²) in [7, 11) is 0. The topological polar surface area (TPSA) is 43.4 Å². The average Bonchev–Trinajstić information content (AvgIpc) is 3.09. The summed E-state index contributed by atoms with van der Waals surface area (Å²) in [5, 5.41) is 0. The van der Waals surface area contributed by atoms with E-state index in [1.165, 1.54) is 30.9 Å². The zero-order valence-corrected chi connectivity index (χ0v) is 21.9. The molecule has 4 aliphatic rings. The Hall–Kier alpha value is -1.64. The van der Waals surface area contributed by atoms with Gasteiger partial charge in [0.2, 0.25) is 0 Å². The van der Waals surface area contributed by atoms with Gasteiger partial charge in [-0.3, -0.25) is 9.59 Å². The van der Waals surface area contributed by atoms with Crippen LogP contribution in [0.3, 0.4) is 0 Å². The standard InChI is InChI=1S/C30H44O3/c1-18(2)19(3)8-9-20(4)24-10-11-25-28-26(13-15-30(24,25)7)29(6)14-12-23(33-21(5)31)16-22(29)17-27(28)32/h8-9,17-20,23-25H,10-16H2,1-7H3/b9-8+. The summed E-state index contributed by atoms with van der Waals surface area (Å²) >= 11 is 0. The highest BCUT2D eigenvalue weighted by molar-refractivity contribution is 6.07. The Morgan fingerprint density at radius 3 is 2.48 bits per heavy atom. The van der Waals surface area contributed by atoms with Crippen LogP contribution < -0.4 is 0 Å². The normalized spacial score (nSPS) is 38.0. The lowest BCUT2D eigenvalue weighted by Gasteiger charge is -2.51. The van der Waals surface area contributed by atoms with Crippen LogP contribution in [-0.4, -0.2) is 17.9 Å². The molecule has 0 saturated heterocycles. The molecule has 7 unspecified atom stereocenters. The van der Waals surface area contributed by atoms with Crippen LogP contribution in [0.25, 0.3) is 0 Å². The van der Waals surface area contributed by atoms with Gasteiger partial charge in [0.05, 0.1) is 0 Å². The Labute approximate surface area is 201 Å². The fourth-order valence-electron chi connectivity index (χ4n) is 7.62. The van der Waals surface area contributed by atoms with E-state index in [-0.39, 0.29) is 28.7 Å². The number of esters is 1. The predicted molar refractivity (Wildman–Crippen MR) is 133 cm³/mol. The summed E-state index contributed by atoms with van der Waals surface area (Å²) in [6, 6.07) is 0. The van der Waals surface area contributed by atoms with E-state index in [0.29, 0.717) is 36.0 Å². The molecule has 2 saturated carbocycles. The highest BCUT2D eigenvalue weighted by Crippen LogP contribution is 2.64. The molecule has 0 radical (unpaired) electrons. The molecule has 0 amide bonds. The molecule has 0 aliphatic heterocycles. The van der Waals surface area contributed by atoms with Crippen molar-refractivity contribution in [2.45, 2.75) is 99.5 Å². The molecule has 3 heteroatoms. The smallest absolute Gasteiger partial charge is 0.302 e. The first-order chi connectivity index (χ1) is 15.5. The second kappa shape index (κ2) is 8.86. The van der Waals surface area contributed by atoms with Crippen LogP contribution in [0.5, 0.6) is 0 Å². The van der Waals surface area contributed by atoms with Gasteiger partial charge in [-0.05, 0) is 79.6 Å². The van der Waals surface area contributed by atoms with Crippen molar-refractivity contribution in [1.29, 1.82) is 0 Å². The van der Waals surface area contributed by atoms with Crippen LogP contribution in [0.4, 0.5) is 0 Å². The second-order valence-electron chi connectivity index (χ2n) is 12.3. The minimum Gasteiger partial charge on any atom is -0.462 e. The first-order valence-corrected chi connectivity index (χ1v) is 13.3. The Balaban J connectivity index is 1.58. The Bertz CT molecular complexity index is 906. The summed E-state index contributed by atoms with van der Waals surface area (Å²) in [5.41, 5.74) is 3.95. The Morgan fingerprint density at radius 1 is 1.09 bits per heavy atom. The fraction of sp³-hybridized carbons (Fsp3) is 0.733. The van der Waals surface area contributed by atoms with E-state index < -0.39 is 0 Å². The number of carbonyl (C=O) groups is 2. The van der Waals surface area contributed by atoms with Crippen LogP contribution in [0.1, 0.15) is 93.4 Å². The van der Waals surface area contributed by atoms with Gasteiger partial charge in [0, 0.05) is 24.3 Å². The van der Waals surface area contributed by atoms with Crippen molar-refractivity contribution in [2.24, 2.45) is 40.4 Å². The molecule has 2 fully saturated rings. The second-order valence-corrected chi connectivity index (χ2v) is 12.3. The molecule has 0 bridgehead atoms. The van der Waals surface area contributed by atoms with Crippen LogP contribution in [0, 0.1) is 40.4 Å². The number of ether oxygens (including phenoxy) is 1. The number of ketones is 1. The predicted octanol–water partition coefficient (Wildman–Crippen LogP) is 7.22. The first-order valence-electron chi connectivity index (χ1n) is 13.3. The number of hydrogen-bond donors (Lipinski definition) is 0. The van der Waals surface area contributed by atoms with E-state index in [0.717, 1.165) is 31.3 Å². The zero-order chi connectivity index (χ0) is 24.1. The molecule has 0 aromatic carbocycles. The third kappa shape index (κ3) is 4.19. The van der Waals surface area contributed by atoms with E-state index in [2.05, 4.69) is 53.7 Å². The van der Waals surface area contributed by atoms with Gasteiger partial charge < -0.3 is 4.74 Å². The van der Waals surface area contributed by atoms with Gasteiger partial charge in [0.25, 0.3) is 0 Å². The molecule has 4 aliphatic carbocycles. The van der Waals surface area contributed by atoms with E-state index >= 15 is 0 Å². The molecule has 0 spiro atoms. The van der Waals surface area contributed by atoms with Crippen molar-refractivity contribution in [2.75, 3.05) is 0 Å². The van der Waals surface area contributed by atoms with E-state index in [9.17, 15) is 9.59 Å². The molecule has 3 nitrogen and oxygen atoms in total. The van der Waals surface area contributed by atoms with E-state index in [1.807, 2.05) is 6.08 Å². The maximum Gasteiger partial charge on any atom is 0.302 e. The fourth-order valence-corrected chi connectivity index (χ4v) is 7.62. The lowest BCUT2D eigenvalue weighted by molar-refractivity contribution is -0.147. The number of rotatable bonds is 5. The van der Waals surface area contributed by atoms with Gasteiger partial charge in [-0.25, -0.2) is 0 Å². The highest BCUT2D eigenvalue weighted by atomic mass is 16.5. The average molecular weight is 453 g/mol. The van der Waals surface area contributed by atoms with Crippen LogP contribution in [0.15, 0.2) is 34.9 Å². The lowest BCUT2D eigenvalue weighted by Crippen LogP contribution is -2.44. The third-order valence-corrected chi connectivity index (χ3v) is 10.1. The number of carbonyl (C=O) groups excluding carboxylic acids is 2. The molecule has 7 atom stereocenters. The molecule has 182 valence electrons. The quantitative estimate of drug-likeness (QED) is 0.326. The van der Waals surface area contributed by atoms with Crippen molar-refractivity contribution >= 4 is 11.8 Å². The number of allylic oxidation sites excluding steroid dienone is 5. The molecule has 33 heavy (non-hydrogen) atoms. The Kier molecular flexibility index (Phi) is 6.57. The minimum absolute atomic E-state index is 0.0302. The minimum atomic E-state index is -0.220. The van der Waals surface area contributed by atoms with Crippen LogP contribution >= 0.6 is 0 Å². The maximum atomic E-state index is 13.5. The van der Waals surface area contributed by atoms with Gasteiger partial charge in [-0.15, -0.1) is 0 Å². The SMILES string of the molecule is CC(=O)OC1CCC2(C)C(=CC(=O)C3=C2CCC2(C)C3CCC2C(C)/C=C/C(C)C(C)C)C1. The summed E-state index contributed by atoms with van der Waals surface area (Å²) in [6.07, 6.45) is 13.9. The summed E-state index contributed by atoms with van der Waals surface area (Å²) in [5.74, 6) is 2.86. The van der Waals surface area contributed by atoms with Gasteiger partial charge in [-0.1, -0.05) is 64.8 Å². The maximum absolute atomic E-state index is 13.5. The van der Waals surface area contributed by atoms with Crippen LogP contribution in [-0.2, 0) is 14.3 Å². The van der Waals surface area contributed by atoms with Crippen molar-refractivity contribution in [3.05, 3.63) is 34.9 Å². The van der Waals surface area contributed by atoms with Gasteiger partial charge >= 0.3 is 5.97 Å². The van der Waals surface area contributed by atoms with Gasteiger partial charge in [0.15, 0.2) is 5.78 Å². The van der Waals surface area contributed by atoms with Gasteiger partial charge in [-0.2, -0.15) is 0 Å². The van der Waals surface area contributed by atoms with Crippen molar-refractivity contribution in [3.8, 4) is 0 Å². The number of hydrogen-bond acceptors (Lipinski definition) is 3. The van der Waals surface area contributed by atoms with Crippen LogP contribution in [0.2, 0.25) is 0 Å². The van der Waals surface area contributed by atoms with Gasteiger partial charge in [0.1, 0.15) is 6.10 Å². The Morgan fingerprint density at radius 2 is 1.82 bits per heavy atom. The third-order valence-electron chi connectivity index (χ3n) is 10.1. The van der Waals surface area contributed by atoms with Crippen molar-refractivity contribution in [1.82, 2.24) is 0 Å². The molecule has 4 rings (SSSR count). The molecule has 0 aromatic rings. The summed E-state index contributed by atoms with van der Waals surface area (Å²) in [4.78, 5) is 25.0. The monoisotopic (exact) mass is 452 g/mol. The first kappa shape index (κ1) is 24.5. The van der Waals surface area contributed by atoms with Crippen molar-refractivity contribution in [3.63, 3.8) is 0 Å². The van der Waals surface area contributed by atoms with E-state index in [4.69, 9.17) is 4.74 Å². The molecule has 0 heterocycles. The summed E-state index contributed by atoms with van der Waals surface area (Å²) < 4.78 is 5.52. The van der Waals surface area contributed by atoms with E-state index in [1.54, 1.807) is 0 Å². The molecule has 0 aromatic heterocycles.